The van der Waals surface area contributed by atoms with Crippen LogP contribution in [0.1, 0.15) is 23.2 Å². The summed E-state index contributed by atoms with van der Waals surface area (Å²) in [5.41, 5.74) is 3.50. The first kappa shape index (κ1) is 17.9. The maximum atomic E-state index is 12.6. The molecule has 0 fully saturated rings. The van der Waals surface area contributed by atoms with Gasteiger partial charge in [-0.1, -0.05) is 48.0 Å². The Morgan fingerprint density at radius 2 is 1.96 bits per heavy atom. The predicted molar refractivity (Wildman–Crippen MR) is 108 cm³/mol. The molecule has 27 heavy (non-hydrogen) atoms. The zero-order valence-electron chi connectivity index (χ0n) is 14.5. The molecule has 1 N–H and O–H groups in total. The van der Waals surface area contributed by atoms with Gasteiger partial charge in [0.15, 0.2) is 0 Å². The molecule has 2 heterocycles. The molecule has 2 aromatic carbocycles. The van der Waals surface area contributed by atoms with Gasteiger partial charge in [0, 0.05) is 27.8 Å². The lowest BCUT2D eigenvalue weighted by Gasteiger charge is -2.11. The lowest BCUT2D eigenvalue weighted by Crippen LogP contribution is -2.17. The first-order chi connectivity index (χ1) is 13.1. The number of anilines is 1. The van der Waals surface area contributed by atoms with Crippen molar-refractivity contribution in [2.24, 2.45) is 0 Å². The van der Waals surface area contributed by atoms with Gasteiger partial charge in [-0.15, -0.1) is 0 Å². The number of fused-ring (bicyclic) bond motifs is 1. The van der Waals surface area contributed by atoms with E-state index in [1.165, 1.54) is 0 Å². The van der Waals surface area contributed by atoms with Gasteiger partial charge in [0.25, 0.3) is 0 Å². The molecule has 7 heteroatoms. The largest absolute Gasteiger partial charge is 0.310 e. The Bertz CT molecular complexity index is 1020. The third kappa shape index (κ3) is 3.96. The van der Waals surface area contributed by atoms with Crippen molar-refractivity contribution in [3.63, 3.8) is 0 Å². The number of hydrogen-bond acceptors (Lipinski definition) is 3. The van der Waals surface area contributed by atoms with Crippen molar-refractivity contribution in [3.8, 4) is 5.69 Å². The number of amides is 1. The summed E-state index contributed by atoms with van der Waals surface area (Å²) in [4.78, 5) is 12.6. The minimum Gasteiger partial charge on any atom is -0.310 e. The van der Waals surface area contributed by atoms with Gasteiger partial charge in [-0.3, -0.25) is 9.00 Å². The molecule has 138 valence electrons. The summed E-state index contributed by atoms with van der Waals surface area (Å²) >= 11 is 6.11. The first-order valence-corrected chi connectivity index (χ1v) is 10.5. The zero-order valence-corrected chi connectivity index (χ0v) is 16.1. The van der Waals surface area contributed by atoms with E-state index < -0.39 is 10.8 Å². The van der Waals surface area contributed by atoms with Crippen LogP contribution in [0.15, 0.2) is 54.6 Å². The molecule has 0 aliphatic carbocycles. The molecule has 1 aromatic heterocycles. The molecule has 0 bridgehead atoms. The number of hydrogen-bond donors (Lipinski definition) is 1. The van der Waals surface area contributed by atoms with E-state index in [9.17, 15) is 9.00 Å². The third-order valence-electron chi connectivity index (χ3n) is 4.46. The number of halogens is 1. The fourth-order valence-electron chi connectivity index (χ4n) is 3.15. The summed E-state index contributed by atoms with van der Waals surface area (Å²) < 4.78 is 13.6. The van der Waals surface area contributed by atoms with Crippen LogP contribution >= 0.6 is 11.6 Å². The number of aryl methyl sites for hydroxylation is 1. The van der Waals surface area contributed by atoms with Gasteiger partial charge < -0.3 is 5.32 Å². The standard InChI is InChI=1S/C20H18ClN3O2S/c21-15-7-4-8-16(11-15)24-20(17-12-27(26)13-18(17)23-24)22-19(25)10-9-14-5-2-1-3-6-14/h1-8,11H,9-10,12-13H2,(H,22,25). The molecule has 0 saturated heterocycles. The highest BCUT2D eigenvalue weighted by molar-refractivity contribution is 7.83. The lowest BCUT2D eigenvalue weighted by molar-refractivity contribution is -0.116. The molecule has 0 spiro atoms. The maximum Gasteiger partial charge on any atom is 0.225 e. The third-order valence-corrected chi connectivity index (χ3v) is 5.91. The molecule has 1 atom stereocenters. The Labute approximate surface area is 164 Å². The zero-order chi connectivity index (χ0) is 18.8. The van der Waals surface area contributed by atoms with Crippen molar-refractivity contribution in [1.82, 2.24) is 9.78 Å². The Kier molecular flexibility index (Phi) is 5.09. The quantitative estimate of drug-likeness (QED) is 0.708. The summed E-state index contributed by atoms with van der Waals surface area (Å²) in [6, 6.07) is 17.2. The lowest BCUT2D eigenvalue weighted by atomic mass is 10.1. The highest BCUT2D eigenvalue weighted by Gasteiger charge is 2.28. The summed E-state index contributed by atoms with van der Waals surface area (Å²) in [5.74, 6) is 1.32. The van der Waals surface area contributed by atoms with Crippen LogP contribution in [0, 0.1) is 0 Å². The number of benzene rings is 2. The van der Waals surface area contributed by atoms with Crippen LogP contribution in [-0.2, 0) is 33.5 Å². The van der Waals surface area contributed by atoms with Crippen molar-refractivity contribution in [2.45, 2.75) is 24.3 Å². The van der Waals surface area contributed by atoms with Gasteiger partial charge in [0.2, 0.25) is 5.91 Å². The van der Waals surface area contributed by atoms with Gasteiger partial charge in [0.05, 0.1) is 22.9 Å². The second-order valence-corrected chi connectivity index (χ2v) is 8.32. The van der Waals surface area contributed by atoms with Gasteiger partial charge in [-0.05, 0) is 30.2 Å². The Balaban J connectivity index is 1.59. The molecular formula is C20H18ClN3O2S. The summed E-state index contributed by atoms with van der Waals surface area (Å²) in [6.07, 6.45) is 1.02. The van der Waals surface area contributed by atoms with Crippen molar-refractivity contribution in [1.29, 1.82) is 0 Å². The van der Waals surface area contributed by atoms with E-state index in [-0.39, 0.29) is 5.91 Å². The first-order valence-electron chi connectivity index (χ1n) is 8.65. The molecule has 4 rings (SSSR count). The maximum absolute atomic E-state index is 12.6. The molecule has 1 aliphatic heterocycles. The highest BCUT2D eigenvalue weighted by Crippen LogP contribution is 2.32. The average molecular weight is 400 g/mol. The number of nitrogens with zero attached hydrogens (tertiary/aromatic N) is 2. The second-order valence-electron chi connectivity index (χ2n) is 6.43. The Hall–Kier alpha value is -2.44. The van der Waals surface area contributed by atoms with E-state index in [0.717, 1.165) is 22.5 Å². The van der Waals surface area contributed by atoms with Gasteiger partial charge in [-0.2, -0.15) is 5.10 Å². The topological polar surface area (TPSA) is 64.0 Å². The van der Waals surface area contributed by atoms with E-state index in [2.05, 4.69) is 10.4 Å². The molecule has 1 aliphatic rings. The monoisotopic (exact) mass is 399 g/mol. The number of rotatable bonds is 5. The van der Waals surface area contributed by atoms with E-state index in [4.69, 9.17) is 11.6 Å². The summed E-state index contributed by atoms with van der Waals surface area (Å²) in [7, 11) is -0.969. The molecule has 5 nitrogen and oxygen atoms in total. The van der Waals surface area contributed by atoms with Crippen LogP contribution in [0.5, 0.6) is 0 Å². The normalized spacial score (nSPS) is 15.5. The van der Waals surface area contributed by atoms with Crippen LogP contribution in [0.25, 0.3) is 5.69 Å². The van der Waals surface area contributed by atoms with Crippen molar-refractivity contribution in [3.05, 3.63) is 76.4 Å². The van der Waals surface area contributed by atoms with Crippen LogP contribution in [0.3, 0.4) is 0 Å². The Morgan fingerprint density at radius 1 is 1.15 bits per heavy atom. The average Bonchev–Trinajstić information content (AvgIpc) is 3.18. The molecule has 0 saturated carbocycles. The number of aromatic nitrogens is 2. The second kappa shape index (κ2) is 7.66. The van der Waals surface area contributed by atoms with Crippen LogP contribution in [0.4, 0.5) is 5.82 Å². The van der Waals surface area contributed by atoms with E-state index in [1.807, 2.05) is 42.5 Å². The van der Waals surface area contributed by atoms with Gasteiger partial charge in [0.1, 0.15) is 5.82 Å². The van der Waals surface area contributed by atoms with E-state index in [1.54, 1.807) is 16.8 Å². The number of nitrogens with one attached hydrogen (secondary N) is 1. The van der Waals surface area contributed by atoms with Crippen LogP contribution < -0.4 is 5.32 Å². The SMILES string of the molecule is O=C(CCc1ccccc1)Nc1c2c(nn1-c1cccc(Cl)c1)CS(=O)C2. The minimum atomic E-state index is -0.969. The molecule has 1 amide bonds. The Morgan fingerprint density at radius 3 is 2.74 bits per heavy atom. The molecular weight excluding hydrogens is 382 g/mol. The molecule has 0 radical (unpaired) electrons. The van der Waals surface area contributed by atoms with Crippen LogP contribution in [-0.4, -0.2) is 19.9 Å². The summed E-state index contributed by atoms with van der Waals surface area (Å²) in [6.45, 7) is 0. The van der Waals surface area contributed by atoms with Gasteiger partial charge >= 0.3 is 0 Å². The predicted octanol–water partition coefficient (Wildman–Crippen LogP) is 3.86. The smallest absolute Gasteiger partial charge is 0.225 e. The minimum absolute atomic E-state index is 0.0949. The van der Waals surface area contributed by atoms with E-state index in [0.29, 0.717) is 35.2 Å². The van der Waals surface area contributed by atoms with Crippen LogP contribution in [0.2, 0.25) is 5.02 Å². The highest BCUT2D eigenvalue weighted by atomic mass is 35.5. The molecule has 1 unspecified atom stereocenters. The number of carbonyl (C=O) groups is 1. The summed E-state index contributed by atoms with van der Waals surface area (Å²) in [5, 5.41) is 8.15. The fourth-order valence-corrected chi connectivity index (χ4v) is 4.60. The van der Waals surface area contributed by atoms with Crippen molar-refractivity contribution in [2.75, 3.05) is 5.32 Å². The van der Waals surface area contributed by atoms with Crippen molar-refractivity contribution >= 4 is 34.1 Å². The number of carbonyl (C=O) groups excluding carboxylic acids is 1. The van der Waals surface area contributed by atoms with Crippen molar-refractivity contribution < 1.29 is 9.00 Å². The fraction of sp³-hybridized carbons (Fsp3) is 0.200. The van der Waals surface area contributed by atoms with E-state index >= 15 is 0 Å². The molecule has 3 aromatic rings. The van der Waals surface area contributed by atoms with Gasteiger partial charge in [-0.25, -0.2) is 4.68 Å².